The third kappa shape index (κ3) is 21.0. The van der Waals surface area contributed by atoms with Gasteiger partial charge < -0.3 is 53.5 Å². The van der Waals surface area contributed by atoms with E-state index in [4.69, 9.17) is 48.4 Å². The van der Waals surface area contributed by atoms with Crippen LogP contribution >= 0.6 is 0 Å². The van der Waals surface area contributed by atoms with Gasteiger partial charge in [-0.3, -0.25) is 9.79 Å². The highest BCUT2D eigenvalue weighted by Crippen LogP contribution is 2.33. The molecular formula is C45H73N2O12-. The molecule has 0 radical (unpaired) electrons. The minimum atomic E-state index is -0.930. The minimum Gasteiger partial charge on any atom is -0.595 e. The van der Waals surface area contributed by atoms with Crippen molar-refractivity contribution in [2.45, 2.75) is 105 Å². The van der Waals surface area contributed by atoms with Gasteiger partial charge in [-0.05, 0) is 84.7 Å². The van der Waals surface area contributed by atoms with Crippen molar-refractivity contribution in [3.8, 4) is 23.0 Å². The molecule has 0 saturated heterocycles. The molecular weight excluding hydrogens is 760 g/mol. The average Bonchev–Trinajstić information content (AvgIpc) is 3.19. The predicted molar refractivity (Wildman–Crippen MR) is 227 cm³/mol. The summed E-state index contributed by atoms with van der Waals surface area (Å²) in [6, 6.07) is 10.2. The van der Waals surface area contributed by atoms with Crippen LogP contribution in [-0.2, 0) is 46.1 Å². The molecule has 336 valence electrons. The number of rotatable bonds is 25. The van der Waals surface area contributed by atoms with Crippen LogP contribution in [0.15, 0.2) is 41.4 Å². The summed E-state index contributed by atoms with van der Waals surface area (Å²) in [5.74, 6) is 2.78. The second-order valence-corrected chi connectivity index (χ2v) is 16.0. The van der Waals surface area contributed by atoms with Crippen LogP contribution in [0.1, 0.15) is 85.3 Å². The lowest BCUT2D eigenvalue weighted by atomic mass is 9.84. The van der Waals surface area contributed by atoms with Crippen molar-refractivity contribution < 1.29 is 57.3 Å². The Morgan fingerprint density at radius 1 is 0.661 bits per heavy atom. The van der Waals surface area contributed by atoms with E-state index in [2.05, 4.69) is 32.7 Å². The molecule has 0 aliphatic rings. The van der Waals surface area contributed by atoms with Crippen molar-refractivity contribution in [3.05, 3.63) is 47.5 Å². The average molecular weight is 834 g/mol. The van der Waals surface area contributed by atoms with Gasteiger partial charge in [-0.25, -0.2) is 4.79 Å². The van der Waals surface area contributed by atoms with Crippen LogP contribution in [0.4, 0.5) is 0 Å². The largest absolute Gasteiger partial charge is 0.595 e. The van der Waals surface area contributed by atoms with Crippen molar-refractivity contribution in [3.63, 3.8) is 0 Å². The predicted octanol–water partition coefficient (Wildman–Crippen LogP) is 6.20. The molecule has 0 bridgehead atoms. The maximum Gasteiger partial charge on any atom is 0.330 e. The summed E-state index contributed by atoms with van der Waals surface area (Å²) in [7, 11) is 9.22. The Kier molecular flexibility index (Phi) is 25.3. The highest BCUT2D eigenvalue weighted by atomic mass is 16.6. The van der Waals surface area contributed by atoms with Gasteiger partial charge in [0.1, 0.15) is 18.2 Å². The van der Waals surface area contributed by atoms with Crippen molar-refractivity contribution in [2.75, 3.05) is 69.1 Å². The van der Waals surface area contributed by atoms with E-state index < -0.39 is 29.7 Å². The molecule has 0 unspecified atom stereocenters. The molecule has 0 aromatic heterocycles. The minimum absolute atomic E-state index is 0.0648. The van der Waals surface area contributed by atoms with Crippen LogP contribution in [0.2, 0.25) is 0 Å². The van der Waals surface area contributed by atoms with Crippen LogP contribution in [0.25, 0.3) is 0 Å². The Balaban J connectivity index is 0.000000607. The zero-order chi connectivity index (χ0) is 44.5. The Labute approximate surface area is 353 Å². The second-order valence-electron chi connectivity index (χ2n) is 16.0. The number of nitrogens with two attached hydrogens (primary N) is 1. The fourth-order valence-electron chi connectivity index (χ4n) is 6.09. The highest BCUT2D eigenvalue weighted by Gasteiger charge is 2.27. The molecule has 0 fully saturated rings. The van der Waals surface area contributed by atoms with E-state index in [0.717, 1.165) is 36.1 Å². The van der Waals surface area contributed by atoms with E-state index in [-0.39, 0.29) is 23.7 Å². The summed E-state index contributed by atoms with van der Waals surface area (Å²) in [5.41, 5.74) is 7.43. The molecule has 59 heavy (non-hydrogen) atoms. The van der Waals surface area contributed by atoms with Gasteiger partial charge in [0.05, 0.1) is 41.7 Å². The zero-order valence-corrected chi connectivity index (χ0v) is 37.9. The zero-order valence-electron chi connectivity index (χ0n) is 37.9. The molecule has 0 aliphatic carbocycles. The summed E-state index contributed by atoms with van der Waals surface area (Å²) in [4.78, 5) is 28.0. The fraction of sp³-hybridized carbons (Fsp3) is 0.667. The summed E-state index contributed by atoms with van der Waals surface area (Å²) in [6.45, 7) is 16.1. The summed E-state index contributed by atoms with van der Waals surface area (Å²) < 4.78 is 47.6. The number of methoxy groups -OCH3 is 6. The summed E-state index contributed by atoms with van der Waals surface area (Å²) in [5, 5.41) is 12.2. The van der Waals surface area contributed by atoms with Gasteiger partial charge in [-0.2, -0.15) is 0 Å². The van der Waals surface area contributed by atoms with Gasteiger partial charge in [0, 0.05) is 45.9 Å². The third-order valence-electron chi connectivity index (χ3n) is 9.55. The first-order valence-corrected chi connectivity index (χ1v) is 20.4. The topological polar surface area (TPSA) is 179 Å². The fourth-order valence-corrected chi connectivity index (χ4v) is 6.09. The van der Waals surface area contributed by atoms with Crippen molar-refractivity contribution in [2.24, 2.45) is 34.4 Å². The first kappa shape index (κ1) is 52.7. The molecule has 0 amide bonds. The highest BCUT2D eigenvalue weighted by molar-refractivity contribution is 5.78. The number of benzene rings is 2. The second kappa shape index (κ2) is 28.2. The lowest BCUT2D eigenvalue weighted by molar-refractivity contribution is -0.261. The molecule has 0 spiro atoms. The number of hydrogen-bond donors (Lipinski definition) is 1. The first-order valence-electron chi connectivity index (χ1n) is 20.4. The van der Waals surface area contributed by atoms with Gasteiger partial charge in [-0.1, -0.05) is 60.6 Å². The maximum absolute atomic E-state index is 12.4. The molecule has 2 rings (SSSR count). The lowest BCUT2D eigenvalue weighted by Crippen LogP contribution is -2.35. The van der Waals surface area contributed by atoms with E-state index in [9.17, 15) is 14.7 Å². The van der Waals surface area contributed by atoms with E-state index in [1.165, 1.54) is 14.2 Å². The first-order chi connectivity index (χ1) is 27.9. The Hall–Kier alpha value is -4.27. The van der Waals surface area contributed by atoms with Crippen molar-refractivity contribution >= 4 is 18.0 Å². The number of hydrogen-bond acceptors (Lipinski definition) is 14. The van der Waals surface area contributed by atoms with Gasteiger partial charge >= 0.3 is 11.9 Å². The van der Waals surface area contributed by atoms with E-state index >= 15 is 0 Å². The van der Waals surface area contributed by atoms with Crippen LogP contribution in [-0.4, -0.2) is 105 Å². The maximum atomic E-state index is 12.4. The van der Waals surface area contributed by atoms with Crippen molar-refractivity contribution in [1.29, 1.82) is 0 Å². The third-order valence-corrected chi connectivity index (χ3v) is 9.55. The van der Waals surface area contributed by atoms with E-state index in [1.54, 1.807) is 49.2 Å². The molecule has 0 saturated carbocycles. The molecule has 0 aliphatic heterocycles. The van der Waals surface area contributed by atoms with Gasteiger partial charge in [-0.15, -0.1) is 0 Å². The quantitative estimate of drug-likeness (QED) is 0.0518. The van der Waals surface area contributed by atoms with Crippen LogP contribution in [0.5, 0.6) is 23.0 Å². The monoisotopic (exact) mass is 834 g/mol. The van der Waals surface area contributed by atoms with Crippen LogP contribution in [0.3, 0.4) is 0 Å². The molecule has 4 atom stereocenters. The Morgan fingerprint density at radius 3 is 1.47 bits per heavy atom. The molecule has 14 heteroatoms. The summed E-state index contributed by atoms with van der Waals surface area (Å²) >= 11 is 0. The smallest absolute Gasteiger partial charge is 0.330 e. The number of carbonyl (C=O) groups excluding carboxylic acids is 2. The van der Waals surface area contributed by atoms with Crippen LogP contribution < -0.4 is 29.8 Å². The van der Waals surface area contributed by atoms with Crippen molar-refractivity contribution in [1.82, 2.24) is 0 Å². The van der Waals surface area contributed by atoms with E-state index in [1.807, 2.05) is 36.4 Å². The number of carbonyl (C=O) groups is 2. The number of esters is 2. The number of nitrogens with zero attached hydrogens (tertiary/aromatic N) is 1. The summed E-state index contributed by atoms with van der Waals surface area (Å²) in [6.07, 6.45) is 3.24. The molecule has 14 nitrogen and oxygen atoms in total. The normalized spacial score (nSPS) is 13.7. The Morgan fingerprint density at radius 2 is 1.10 bits per heavy atom. The molecule has 0 heterocycles. The van der Waals surface area contributed by atoms with Gasteiger partial charge in [0.15, 0.2) is 23.0 Å². The molecule has 2 aromatic rings. The van der Waals surface area contributed by atoms with Gasteiger partial charge in [0.25, 0.3) is 0 Å². The molecule has 2 aromatic carbocycles. The molecule has 2 N–H and O–H groups in total. The van der Waals surface area contributed by atoms with Gasteiger partial charge in [0.2, 0.25) is 0 Å². The number of ether oxygens (including phenoxy) is 9. The van der Waals surface area contributed by atoms with Crippen LogP contribution in [0, 0.1) is 23.7 Å². The SMILES string of the molecule is COCCCOc1cc(C[C@@H](C[C@H](N)C(=O)OC)C(C)C)ccc1OC.COCCCOc1cc(C[C@@H](C[C@H](N=C([O-])OC(C)(C)C)C(=O)OC)C(C)C)ccc1OC. The Bertz CT molecular complexity index is 1520. The lowest BCUT2D eigenvalue weighted by Gasteiger charge is -2.31. The van der Waals surface area contributed by atoms with E-state index in [0.29, 0.717) is 68.9 Å². The standard InChI is InChI=1S/C25H41NO7.C20H33NO5/c1-17(2)19(16-20(23(27)31-8)26-24(28)33-25(3,4)5)14-18-10-11-21(30-7)22(15-18)32-13-9-12-29-6;1-14(2)16(13-17(21)20(22)25-5)11-15-7-8-18(24-4)19(12-15)26-10-6-9-23-3/h10-11,15,17,19-20H,9,12-14,16H2,1-8H3,(H,26,28);7-8,12,14,16-17H,6,9-11,13,21H2,1-5H3/p-1/t19-,20-;16-,17-/m00/s1. The number of aliphatic imine (C=N–C) groups is 1.